The molecule has 0 spiro atoms. The summed E-state index contributed by atoms with van der Waals surface area (Å²) in [6, 6.07) is 2.30. The van der Waals surface area contributed by atoms with Crippen LogP contribution in [-0.2, 0) is 11.3 Å². The van der Waals surface area contributed by atoms with Gasteiger partial charge in [-0.2, -0.15) is 0 Å². The summed E-state index contributed by atoms with van der Waals surface area (Å²) in [5, 5.41) is 16.2. The lowest BCUT2D eigenvalue weighted by Gasteiger charge is -2.26. The number of aliphatic hydroxyl groups is 1. The van der Waals surface area contributed by atoms with E-state index >= 15 is 0 Å². The van der Waals surface area contributed by atoms with Crippen molar-refractivity contribution in [3.8, 4) is 0 Å². The molecule has 1 aromatic heterocycles. The molecular formula is C14H24N4O2. The van der Waals surface area contributed by atoms with E-state index in [-0.39, 0.29) is 6.10 Å². The average Bonchev–Trinajstić information content (AvgIpc) is 2.42. The zero-order chi connectivity index (χ0) is 14.4. The van der Waals surface area contributed by atoms with Crippen molar-refractivity contribution in [1.29, 1.82) is 0 Å². The van der Waals surface area contributed by atoms with Gasteiger partial charge in [0.05, 0.1) is 6.10 Å². The van der Waals surface area contributed by atoms with Crippen LogP contribution in [0.15, 0.2) is 6.07 Å². The first-order valence-corrected chi connectivity index (χ1v) is 7.26. The van der Waals surface area contributed by atoms with Gasteiger partial charge in [0.2, 0.25) is 0 Å². The van der Waals surface area contributed by atoms with Gasteiger partial charge in [0.15, 0.2) is 5.82 Å². The Kier molecular flexibility index (Phi) is 5.55. The highest BCUT2D eigenvalue weighted by molar-refractivity contribution is 5.48. The number of nitrogens with one attached hydrogen (secondary N) is 2. The number of aromatic nitrogens is 2. The summed E-state index contributed by atoms with van der Waals surface area (Å²) in [6.45, 7) is 3.25. The number of hydrogen-bond donors (Lipinski definition) is 3. The molecule has 20 heavy (non-hydrogen) atoms. The zero-order valence-electron chi connectivity index (χ0n) is 12.2. The van der Waals surface area contributed by atoms with E-state index in [0.29, 0.717) is 18.5 Å². The molecular weight excluding hydrogens is 256 g/mol. The van der Waals surface area contributed by atoms with Crippen LogP contribution in [0, 0.1) is 0 Å². The predicted molar refractivity (Wildman–Crippen MR) is 78.8 cm³/mol. The summed E-state index contributed by atoms with van der Waals surface area (Å²) in [6.07, 6.45) is 3.52. The van der Waals surface area contributed by atoms with Crippen molar-refractivity contribution in [3.05, 3.63) is 11.9 Å². The van der Waals surface area contributed by atoms with Crippen molar-refractivity contribution in [3.63, 3.8) is 0 Å². The van der Waals surface area contributed by atoms with Gasteiger partial charge in [-0.05, 0) is 32.6 Å². The van der Waals surface area contributed by atoms with E-state index in [9.17, 15) is 5.11 Å². The van der Waals surface area contributed by atoms with Gasteiger partial charge in [-0.1, -0.05) is 0 Å². The van der Waals surface area contributed by atoms with Gasteiger partial charge >= 0.3 is 0 Å². The maximum absolute atomic E-state index is 9.54. The van der Waals surface area contributed by atoms with Crippen LogP contribution in [0.5, 0.6) is 0 Å². The Morgan fingerprint density at radius 2 is 1.95 bits per heavy atom. The zero-order valence-corrected chi connectivity index (χ0v) is 12.2. The van der Waals surface area contributed by atoms with E-state index in [2.05, 4.69) is 20.6 Å². The van der Waals surface area contributed by atoms with Gasteiger partial charge in [0, 0.05) is 25.8 Å². The minimum absolute atomic E-state index is 0.139. The summed E-state index contributed by atoms with van der Waals surface area (Å²) in [7, 11) is 1.64. The summed E-state index contributed by atoms with van der Waals surface area (Å²) >= 11 is 0. The lowest BCUT2D eigenvalue weighted by atomic mass is 9.93. The third-order valence-electron chi connectivity index (χ3n) is 3.45. The molecule has 1 aliphatic rings. The third kappa shape index (κ3) is 4.31. The number of methoxy groups -OCH3 is 1. The van der Waals surface area contributed by atoms with Crippen LogP contribution >= 0.6 is 0 Å². The molecule has 0 radical (unpaired) electrons. The van der Waals surface area contributed by atoms with Gasteiger partial charge in [-0.15, -0.1) is 0 Å². The Labute approximate surface area is 120 Å². The topological polar surface area (TPSA) is 79.3 Å². The third-order valence-corrected chi connectivity index (χ3v) is 3.45. The number of hydrogen-bond acceptors (Lipinski definition) is 6. The van der Waals surface area contributed by atoms with Crippen molar-refractivity contribution < 1.29 is 9.84 Å². The molecule has 1 saturated carbocycles. The van der Waals surface area contributed by atoms with Crippen molar-refractivity contribution in [1.82, 2.24) is 9.97 Å². The fourth-order valence-electron chi connectivity index (χ4n) is 2.47. The second kappa shape index (κ2) is 7.40. The van der Waals surface area contributed by atoms with E-state index in [1.165, 1.54) is 0 Å². The molecule has 0 amide bonds. The molecule has 6 nitrogen and oxygen atoms in total. The summed E-state index contributed by atoms with van der Waals surface area (Å²) in [5.74, 6) is 2.31. The lowest BCUT2D eigenvalue weighted by molar-refractivity contribution is 0.126. The van der Waals surface area contributed by atoms with Gasteiger partial charge < -0.3 is 20.5 Å². The molecule has 112 valence electrons. The van der Waals surface area contributed by atoms with Crippen LogP contribution in [-0.4, -0.2) is 40.9 Å². The molecule has 0 bridgehead atoms. The van der Waals surface area contributed by atoms with Crippen molar-refractivity contribution >= 4 is 11.6 Å². The van der Waals surface area contributed by atoms with Crippen molar-refractivity contribution in [2.24, 2.45) is 0 Å². The molecule has 0 unspecified atom stereocenters. The van der Waals surface area contributed by atoms with E-state index in [0.717, 1.165) is 43.9 Å². The van der Waals surface area contributed by atoms with Crippen LogP contribution in [0.25, 0.3) is 0 Å². The van der Waals surface area contributed by atoms with E-state index in [1.807, 2.05) is 13.0 Å². The van der Waals surface area contributed by atoms with Gasteiger partial charge in [-0.3, -0.25) is 0 Å². The fourth-order valence-corrected chi connectivity index (χ4v) is 2.47. The first-order chi connectivity index (χ1) is 9.71. The first kappa shape index (κ1) is 15.0. The van der Waals surface area contributed by atoms with Gasteiger partial charge in [-0.25, -0.2) is 9.97 Å². The second-order valence-corrected chi connectivity index (χ2v) is 5.17. The Hall–Kier alpha value is -1.40. The number of ether oxygens (including phenoxy) is 1. The maximum Gasteiger partial charge on any atom is 0.158 e. The molecule has 0 aliphatic heterocycles. The van der Waals surface area contributed by atoms with E-state index < -0.39 is 0 Å². The fraction of sp³-hybridized carbons (Fsp3) is 0.714. The highest BCUT2D eigenvalue weighted by Crippen LogP contribution is 2.22. The van der Waals surface area contributed by atoms with Crippen LogP contribution < -0.4 is 10.6 Å². The average molecular weight is 280 g/mol. The Balaban J connectivity index is 2.05. The van der Waals surface area contributed by atoms with Crippen molar-refractivity contribution in [2.75, 3.05) is 24.3 Å². The molecule has 0 aromatic carbocycles. The Bertz CT molecular complexity index is 395. The van der Waals surface area contributed by atoms with Gasteiger partial charge in [0.25, 0.3) is 0 Å². The standard InChI is InChI=1S/C14H24N4O2/c1-3-15-12-8-13(18-14(17-12)9-20-2)16-10-4-6-11(19)7-5-10/h8,10-11,19H,3-7,9H2,1-2H3,(H2,15,16,17,18). The first-order valence-electron chi connectivity index (χ1n) is 7.26. The van der Waals surface area contributed by atoms with Crippen LogP contribution in [0.3, 0.4) is 0 Å². The highest BCUT2D eigenvalue weighted by atomic mass is 16.5. The molecule has 2 rings (SSSR count). The molecule has 1 heterocycles. The molecule has 1 aliphatic carbocycles. The monoisotopic (exact) mass is 280 g/mol. The quantitative estimate of drug-likeness (QED) is 0.737. The highest BCUT2D eigenvalue weighted by Gasteiger charge is 2.19. The molecule has 1 aromatic rings. The van der Waals surface area contributed by atoms with Gasteiger partial charge in [0.1, 0.15) is 18.2 Å². The molecule has 0 atom stereocenters. The van der Waals surface area contributed by atoms with Crippen LogP contribution in [0.4, 0.5) is 11.6 Å². The molecule has 6 heteroatoms. The second-order valence-electron chi connectivity index (χ2n) is 5.17. The normalized spacial score (nSPS) is 22.6. The molecule has 0 saturated heterocycles. The maximum atomic E-state index is 9.54. The molecule has 3 N–H and O–H groups in total. The lowest BCUT2D eigenvalue weighted by Crippen LogP contribution is -2.28. The summed E-state index contributed by atoms with van der Waals surface area (Å²) in [5.41, 5.74) is 0. The Morgan fingerprint density at radius 3 is 2.60 bits per heavy atom. The number of anilines is 2. The largest absolute Gasteiger partial charge is 0.393 e. The SMILES string of the molecule is CCNc1cc(NC2CCC(O)CC2)nc(COC)n1. The number of aliphatic hydroxyl groups excluding tert-OH is 1. The van der Waals surface area contributed by atoms with Crippen LogP contribution in [0.2, 0.25) is 0 Å². The van der Waals surface area contributed by atoms with Crippen LogP contribution in [0.1, 0.15) is 38.4 Å². The number of rotatable bonds is 6. The minimum atomic E-state index is -0.139. The summed E-state index contributed by atoms with van der Waals surface area (Å²) in [4.78, 5) is 8.86. The van der Waals surface area contributed by atoms with E-state index in [1.54, 1.807) is 7.11 Å². The molecule has 1 fully saturated rings. The predicted octanol–water partition coefficient (Wildman–Crippen LogP) is 1.77. The van der Waals surface area contributed by atoms with Crippen molar-refractivity contribution in [2.45, 2.75) is 51.4 Å². The summed E-state index contributed by atoms with van der Waals surface area (Å²) < 4.78 is 5.11. The van der Waals surface area contributed by atoms with E-state index in [4.69, 9.17) is 4.74 Å². The minimum Gasteiger partial charge on any atom is -0.393 e. The smallest absolute Gasteiger partial charge is 0.158 e. The Morgan fingerprint density at radius 1 is 1.25 bits per heavy atom. The number of nitrogens with zero attached hydrogens (tertiary/aromatic N) is 2.